The number of hydrogen-bond donors (Lipinski definition) is 2. The summed E-state index contributed by atoms with van der Waals surface area (Å²) in [6.07, 6.45) is -3.56. The van der Waals surface area contributed by atoms with Gasteiger partial charge in [0.25, 0.3) is 0 Å². The summed E-state index contributed by atoms with van der Waals surface area (Å²) in [5, 5.41) is 3.09. The third-order valence-electron chi connectivity index (χ3n) is 2.79. The molecule has 0 spiro atoms. The Labute approximate surface area is 122 Å². The van der Waals surface area contributed by atoms with Gasteiger partial charge in [0.05, 0.1) is 5.56 Å². The van der Waals surface area contributed by atoms with Gasteiger partial charge in [0.1, 0.15) is 4.99 Å². The minimum absolute atomic E-state index is 0.145. The maximum Gasteiger partial charge on any atom is 0.417 e. The van der Waals surface area contributed by atoms with Crippen LogP contribution in [0.4, 0.5) is 18.9 Å². The van der Waals surface area contributed by atoms with E-state index in [4.69, 9.17) is 18.0 Å². The van der Waals surface area contributed by atoms with Crippen molar-refractivity contribution in [3.8, 4) is 0 Å². The fraction of sp³-hybridized carbons (Fsp3) is 0.500. The summed E-state index contributed by atoms with van der Waals surface area (Å²) in [4.78, 5) is -0.253. The Morgan fingerprint density at radius 2 is 1.85 bits per heavy atom. The molecule has 0 aliphatic rings. The molecule has 0 saturated heterocycles. The number of hydrogen-bond acceptors (Lipinski definition) is 2. The van der Waals surface area contributed by atoms with E-state index >= 15 is 0 Å². The van der Waals surface area contributed by atoms with Crippen molar-refractivity contribution in [3.05, 3.63) is 29.3 Å². The van der Waals surface area contributed by atoms with Gasteiger partial charge in [-0.2, -0.15) is 13.2 Å². The van der Waals surface area contributed by atoms with Gasteiger partial charge in [0.15, 0.2) is 0 Å². The van der Waals surface area contributed by atoms with Gasteiger partial charge in [0.2, 0.25) is 0 Å². The number of nitrogens with two attached hydrogens (primary N) is 1. The SMILES string of the molecule is CC(C)(C)CCNc1ccc(C(F)(F)F)c(C(N)=S)c1. The van der Waals surface area contributed by atoms with E-state index in [-0.39, 0.29) is 16.0 Å². The Morgan fingerprint density at radius 1 is 1.25 bits per heavy atom. The smallest absolute Gasteiger partial charge is 0.389 e. The zero-order chi connectivity index (χ0) is 15.6. The van der Waals surface area contributed by atoms with Crippen LogP contribution in [0.5, 0.6) is 0 Å². The molecule has 2 nitrogen and oxygen atoms in total. The van der Waals surface area contributed by atoms with Gasteiger partial charge < -0.3 is 11.1 Å². The fourth-order valence-corrected chi connectivity index (χ4v) is 1.86. The lowest BCUT2D eigenvalue weighted by molar-refractivity contribution is -0.137. The summed E-state index contributed by atoms with van der Waals surface area (Å²) in [6, 6.07) is 3.76. The van der Waals surface area contributed by atoms with Gasteiger partial charge in [-0.05, 0) is 30.0 Å². The highest BCUT2D eigenvalue weighted by molar-refractivity contribution is 7.80. The highest BCUT2D eigenvalue weighted by atomic mass is 32.1. The van der Waals surface area contributed by atoms with Crippen LogP contribution in [0.1, 0.15) is 38.3 Å². The molecule has 112 valence electrons. The first-order valence-electron chi connectivity index (χ1n) is 6.25. The van der Waals surface area contributed by atoms with Crippen molar-refractivity contribution in [2.75, 3.05) is 11.9 Å². The van der Waals surface area contributed by atoms with E-state index in [0.717, 1.165) is 12.5 Å². The minimum Gasteiger partial charge on any atom is -0.389 e. The Hall–Kier alpha value is -1.30. The quantitative estimate of drug-likeness (QED) is 0.819. The number of halogens is 3. The van der Waals surface area contributed by atoms with Crippen molar-refractivity contribution in [1.82, 2.24) is 0 Å². The average Bonchev–Trinajstić information content (AvgIpc) is 2.25. The van der Waals surface area contributed by atoms with Crippen LogP contribution in [-0.4, -0.2) is 11.5 Å². The lowest BCUT2D eigenvalue weighted by Crippen LogP contribution is -2.19. The first-order valence-corrected chi connectivity index (χ1v) is 6.66. The minimum atomic E-state index is -4.46. The van der Waals surface area contributed by atoms with Gasteiger partial charge in [-0.1, -0.05) is 33.0 Å². The predicted octanol–water partition coefficient (Wildman–Crippen LogP) is 4.19. The second kappa shape index (κ2) is 5.99. The Kier molecular flexibility index (Phi) is 5.02. The van der Waals surface area contributed by atoms with E-state index in [1.807, 2.05) is 0 Å². The molecule has 20 heavy (non-hydrogen) atoms. The molecule has 0 aliphatic carbocycles. The highest BCUT2D eigenvalue weighted by Gasteiger charge is 2.34. The Morgan fingerprint density at radius 3 is 2.30 bits per heavy atom. The second-order valence-corrected chi connectivity index (χ2v) is 6.30. The summed E-state index contributed by atoms with van der Waals surface area (Å²) >= 11 is 4.70. The molecule has 1 aromatic rings. The number of alkyl halides is 3. The van der Waals surface area contributed by atoms with Crippen LogP contribution >= 0.6 is 12.2 Å². The van der Waals surface area contributed by atoms with Gasteiger partial charge in [-0.15, -0.1) is 0 Å². The van der Waals surface area contributed by atoms with E-state index in [1.165, 1.54) is 12.1 Å². The van der Waals surface area contributed by atoms with E-state index < -0.39 is 11.7 Å². The van der Waals surface area contributed by atoms with Crippen molar-refractivity contribution in [3.63, 3.8) is 0 Å². The Bertz CT molecular complexity index is 490. The lowest BCUT2D eigenvalue weighted by atomic mass is 9.92. The number of thiocarbonyl (C=S) groups is 1. The van der Waals surface area contributed by atoms with Crippen LogP contribution in [0, 0.1) is 5.41 Å². The maximum atomic E-state index is 12.8. The van der Waals surface area contributed by atoms with Gasteiger partial charge in [0, 0.05) is 17.8 Å². The third-order valence-corrected chi connectivity index (χ3v) is 3.01. The molecule has 6 heteroatoms. The largest absolute Gasteiger partial charge is 0.417 e. The van der Waals surface area contributed by atoms with Crippen LogP contribution in [0.2, 0.25) is 0 Å². The molecule has 0 saturated carbocycles. The second-order valence-electron chi connectivity index (χ2n) is 5.86. The van der Waals surface area contributed by atoms with Gasteiger partial charge in [-0.3, -0.25) is 0 Å². The summed E-state index contributed by atoms with van der Waals surface area (Å²) < 4.78 is 38.4. The number of rotatable bonds is 4. The summed E-state index contributed by atoms with van der Waals surface area (Å²) in [5.41, 5.74) is 5.18. The molecule has 0 heterocycles. The summed E-state index contributed by atoms with van der Waals surface area (Å²) in [5.74, 6) is 0. The highest BCUT2D eigenvalue weighted by Crippen LogP contribution is 2.33. The summed E-state index contributed by atoms with van der Waals surface area (Å²) in [7, 11) is 0. The average molecular weight is 304 g/mol. The van der Waals surface area contributed by atoms with Crippen LogP contribution in [-0.2, 0) is 6.18 Å². The van der Waals surface area contributed by atoms with Crippen LogP contribution in [0.3, 0.4) is 0 Å². The molecule has 0 fully saturated rings. The standard InChI is InChI=1S/C14H19F3N2S/c1-13(2,3)6-7-19-9-4-5-11(14(15,16)17)10(8-9)12(18)20/h4-5,8,19H,6-7H2,1-3H3,(H2,18,20). The molecule has 1 aromatic carbocycles. The van der Waals surface area contributed by atoms with E-state index in [9.17, 15) is 13.2 Å². The molecule has 0 aromatic heterocycles. The molecule has 0 radical (unpaired) electrons. The molecule has 0 atom stereocenters. The molecular formula is C14H19F3N2S. The van der Waals surface area contributed by atoms with Crippen LogP contribution in [0.25, 0.3) is 0 Å². The van der Waals surface area contributed by atoms with Crippen molar-refractivity contribution >= 4 is 22.9 Å². The third kappa shape index (κ3) is 5.00. The normalized spacial score (nSPS) is 12.3. The zero-order valence-corrected chi connectivity index (χ0v) is 12.6. The number of nitrogens with one attached hydrogen (secondary N) is 1. The molecule has 1 rings (SSSR count). The predicted molar refractivity (Wildman–Crippen MR) is 79.9 cm³/mol. The summed E-state index contributed by atoms with van der Waals surface area (Å²) in [6.45, 7) is 6.97. The molecule has 3 N–H and O–H groups in total. The van der Waals surface area contributed by atoms with Crippen molar-refractivity contribution in [2.45, 2.75) is 33.4 Å². The molecule has 0 bridgehead atoms. The zero-order valence-electron chi connectivity index (χ0n) is 11.8. The van der Waals surface area contributed by atoms with Crippen molar-refractivity contribution < 1.29 is 13.2 Å². The lowest BCUT2D eigenvalue weighted by Gasteiger charge is -2.19. The maximum absolute atomic E-state index is 12.8. The van der Waals surface area contributed by atoms with Crippen molar-refractivity contribution in [2.24, 2.45) is 11.1 Å². The molecule has 0 aliphatic heterocycles. The van der Waals surface area contributed by atoms with Crippen molar-refractivity contribution in [1.29, 1.82) is 0 Å². The molecule has 0 unspecified atom stereocenters. The molecule has 0 amide bonds. The first kappa shape index (κ1) is 16.8. The topological polar surface area (TPSA) is 38.0 Å². The van der Waals surface area contributed by atoms with E-state index in [0.29, 0.717) is 12.2 Å². The molecular weight excluding hydrogens is 285 g/mol. The number of benzene rings is 1. The first-order chi connectivity index (χ1) is 9.00. The number of anilines is 1. The van der Waals surface area contributed by atoms with E-state index in [2.05, 4.69) is 26.1 Å². The van der Waals surface area contributed by atoms with E-state index in [1.54, 1.807) is 0 Å². The van der Waals surface area contributed by atoms with Crippen LogP contribution < -0.4 is 11.1 Å². The monoisotopic (exact) mass is 304 g/mol. The van der Waals surface area contributed by atoms with Gasteiger partial charge >= 0.3 is 6.18 Å². The fourth-order valence-electron chi connectivity index (χ4n) is 1.69. The Balaban J connectivity index is 2.92. The van der Waals surface area contributed by atoms with Crippen LogP contribution in [0.15, 0.2) is 18.2 Å². The van der Waals surface area contributed by atoms with Gasteiger partial charge in [-0.25, -0.2) is 0 Å².